The first-order chi connectivity index (χ1) is 10.9. The lowest BCUT2D eigenvalue weighted by Crippen LogP contribution is -2.18. The Bertz CT molecular complexity index is 665. The second-order valence-corrected chi connectivity index (χ2v) is 4.55. The van der Waals surface area contributed by atoms with E-state index in [1.807, 2.05) is 0 Å². The Hall–Kier alpha value is -2.12. The van der Waals surface area contributed by atoms with E-state index in [9.17, 15) is 13.2 Å². The van der Waals surface area contributed by atoms with E-state index in [-0.39, 0.29) is 31.3 Å². The largest absolute Gasteiger partial charge is 0.573 e. The molecular formula is C16H17ClF3NO3. The van der Waals surface area contributed by atoms with Crippen molar-refractivity contribution in [1.29, 1.82) is 0 Å². The van der Waals surface area contributed by atoms with Crippen molar-refractivity contribution in [3.05, 3.63) is 42.5 Å². The first-order valence-electron chi connectivity index (χ1n) is 6.80. The summed E-state index contributed by atoms with van der Waals surface area (Å²) in [4.78, 5) is 0. The maximum Gasteiger partial charge on any atom is 0.573 e. The van der Waals surface area contributed by atoms with Crippen LogP contribution in [0.5, 0.6) is 17.2 Å². The molecular weight excluding hydrogens is 347 g/mol. The Morgan fingerprint density at radius 1 is 1.00 bits per heavy atom. The van der Waals surface area contributed by atoms with Crippen LogP contribution in [-0.2, 0) is 0 Å². The molecule has 0 bridgehead atoms. The average Bonchev–Trinajstić information content (AvgIpc) is 2.52. The molecule has 0 aliphatic carbocycles. The fourth-order valence-corrected chi connectivity index (χ4v) is 2.05. The zero-order chi connectivity index (χ0) is 16.9. The highest BCUT2D eigenvalue weighted by Crippen LogP contribution is 2.38. The van der Waals surface area contributed by atoms with Crippen LogP contribution in [0.4, 0.5) is 13.2 Å². The maximum absolute atomic E-state index is 12.5. The summed E-state index contributed by atoms with van der Waals surface area (Å²) in [7, 11) is 1.52. The zero-order valence-electron chi connectivity index (χ0n) is 12.8. The predicted molar refractivity (Wildman–Crippen MR) is 86.9 cm³/mol. The standard InChI is InChI=1S/C16H16F3NO3.ClH/c1-21-13-5-3-2-4-12(13)11-6-7-14(23-16(17,18)19)15(10-11)22-9-8-20;/h2-7,10H,8-9,20H2,1H3;1H. The van der Waals surface area contributed by atoms with Crippen molar-refractivity contribution < 1.29 is 27.4 Å². The molecule has 0 radical (unpaired) electrons. The van der Waals surface area contributed by atoms with Crippen molar-refractivity contribution in [2.75, 3.05) is 20.3 Å². The third-order valence-electron chi connectivity index (χ3n) is 2.96. The number of nitrogens with two attached hydrogens (primary N) is 1. The lowest BCUT2D eigenvalue weighted by molar-refractivity contribution is -0.275. The Morgan fingerprint density at radius 3 is 2.33 bits per heavy atom. The van der Waals surface area contributed by atoms with E-state index in [1.165, 1.54) is 25.3 Å². The molecule has 0 amide bonds. The minimum absolute atomic E-state index is 0. The molecule has 0 fully saturated rings. The minimum atomic E-state index is -4.80. The molecule has 4 nitrogen and oxygen atoms in total. The normalized spacial score (nSPS) is 10.7. The van der Waals surface area contributed by atoms with Gasteiger partial charge >= 0.3 is 6.36 Å². The minimum Gasteiger partial charge on any atom is -0.496 e. The molecule has 132 valence electrons. The van der Waals surface area contributed by atoms with Crippen LogP contribution >= 0.6 is 12.4 Å². The van der Waals surface area contributed by atoms with Gasteiger partial charge < -0.3 is 19.9 Å². The molecule has 2 N–H and O–H groups in total. The lowest BCUT2D eigenvalue weighted by Gasteiger charge is -2.16. The van der Waals surface area contributed by atoms with Crippen molar-refractivity contribution in [2.45, 2.75) is 6.36 Å². The van der Waals surface area contributed by atoms with Crippen LogP contribution in [0.3, 0.4) is 0 Å². The van der Waals surface area contributed by atoms with Gasteiger partial charge in [0.15, 0.2) is 11.5 Å². The molecule has 0 saturated heterocycles. The van der Waals surface area contributed by atoms with Crippen molar-refractivity contribution >= 4 is 12.4 Å². The second kappa shape index (κ2) is 8.65. The molecule has 8 heteroatoms. The number of ether oxygens (including phenoxy) is 3. The van der Waals surface area contributed by atoms with E-state index in [4.69, 9.17) is 15.2 Å². The summed E-state index contributed by atoms with van der Waals surface area (Å²) in [5, 5.41) is 0. The molecule has 0 unspecified atom stereocenters. The molecule has 0 atom stereocenters. The van der Waals surface area contributed by atoms with Crippen molar-refractivity contribution in [1.82, 2.24) is 0 Å². The molecule has 2 aromatic rings. The van der Waals surface area contributed by atoms with Gasteiger partial charge in [-0.1, -0.05) is 24.3 Å². The predicted octanol–water partition coefficient (Wildman–Crippen LogP) is 4.02. The van der Waals surface area contributed by atoms with Crippen LogP contribution in [-0.4, -0.2) is 26.6 Å². The zero-order valence-corrected chi connectivity index (χ0v) is 13.6. The summed E-state index contributed by atoms with van der Waals surface area (Å²) in [6.45, 7) is 0.244. The summed E-state index contributed by atoms with van der Waals surface area (Å²) in [5.41, 5.74) is 6.71. The highest BCUT2D eigenvalue weighted by atomic mass is 35.5. The van der Waals surface area contributed by atoms with Gasteiger partial charge in [0.1, 0.15) is 12.4 Å². The third-order valence-corrected chi connectivity index (χ3v) is 2.96. The number of rotatable bonds is 6. The van der Waals surface area contributed by atoms with Crippen LogP contribution in [0.15, 0.2) is 42.5 Å². The Morgan fingerprint density at radius 2 is 1.71 bits per heavy atom. The van der Waals surface area contributed by atoms with E-state index in [0.717, 1.165) is 5.56 Å². The van der Waals surface area contributed by atoms with Crippen LogP contribution in [0.25, 0.3) is 11.1 Å². The number of alkyl halides is 3. The van der Waals surface area contributed by atoms with E-state index in [2.05, 4.69) is 4.74 Å². The molecule has 0 aromatic heterocycles. The number of benzene rings is 2. The lowest BCUT2D eigenvalue weighted by atomic mass is 10.0. The van der Waals surface area contributed by atoms with Gasteiger partial charge in [0.05, 0.1) is 7.11 Å². The Balaban J connectivity index is 0.00000288. The SMILES string of the molecule is COc1ccccc1-c1ccc(OC(F)(F)F)c(OCCN)c1.Cl. The maximum atomic E-state index is 12.5. The van der Waals surface area contributed by atoms with Gasteiger partial charge in [-0.2, -0.15) is 0 Å². The van der Waals surface area contributed by atoms with Gasteiger partial charge in [-0.3, -0.25) is 0 Å². The number of methoxy groups -OCH3 is 1. The molecule has 0 saturated carbocycles. The van der Waals surface area contributed by atoms with Crippen LogP contribution in [0.1, 0.15) is 0 Å². The van der Waals surface area contributed by atoms with Gasteiger partial charge in [-0.05, 0) is 23.8 Å². The summed E-state index contributed by atoms with van der Waals surface area (Å²) >= 11 is 0. The van der Waals surface area contributed by atoms with Crippen molar-refractivity contribution in [3.63, 3.8) is 0 Å². The quantitative estimate of drug-likeness (QED) is 0.842. The highest BCUT2D eigenvalue weighted by molar-refractivity contribution is 5.85. The smallest absolute Gasteiger partial charge is 0.496 e. The first kappa shape index (κ1) is 19.9. The van der Waals surface area contributed by atoms with Gasteiger partial charge in [0.25, 0.3) is 0 Å². The second-order valence-electron chi connectivity index (χ2n) is 4.55. The molecule has 0 aliphatic rings. The van der Waals surface area contributed by atoms with Gasteiger partial charge in [-0.15, -0.1) is 25.6 Å². The van der Waals surface area contributed by atoms with Crippen LogP contribution in [0.2, 0.25) is 0 Å². The average molecular weight is 364 g/mol. The van der Waals surface area contributed by atoms with E-state index in [0.29, 0.717) is 11.3 Å². The molecule has 2 rings (SSSR count). The van der Waals surface area contributed by atoms with Gasteiger partial charge in [0.2, 0.25) is 0 Å². The Kier molecular flexibility index (Phi) is 7.18. The Labute approximate surface area is 143 Å². The molecule has 24 heavy (non-hydrogen) atoms. The van der Waals surface area contributed by atoms with Gasteiger partial charge in [0, 0.05) is 12.1 Å². The van der Waals surface area contributed by atoms with Crippen molar-refractivity contribution in [2.24, 2.45) is 5.73 Å². The topological polar surface area (TPSA) is 53.7 Å². The van der Waals surface area contributed by atoms with Crippen molar-refractivity contribution in [3.8, 4) is 28.4 Å². The van der Waals surface area contributed by atoms with Crippen LogP contribution < -0.4 is 19.9 Å². The highest BCUT2D eigenvalue weighted by Gasteiger charge is 2.32. The third kappa shape index (κ3) is 5.21. The summed E-state index contributed by atoms with van der Waals surface area (Å²) in [5.74, 6) is 0.155. The summed E-state index contributed by atoms with van der Waals surface area (Å²) in [6, 6.07) is 11.3. The van der Waals surface area contributed by atoms with E-state index in [1.54, 1.807) is 24.3 Å². The molecule has 0 spiro atoms. The fourth-order valence-electron chi connectivity index (χ4n) is 2.05. The van der Waals surface area contributed by atoms with E-state index < -0.39 is 12.1 Å². The molecule has 2 aromatic carbocycles. The van der Waals surface area contributed by atoms with E-state index >= 15 is 0 Å². The molecule has 0 heterocycles. The monoisotopic (exact) mass is 363 g/mol. The number of hydrogen-bond donors (Lipinski definition) is 1. The summed E-state index contributed by atoms with van der Waals surface area (Å²) < 4.78 is 51.9. The number of halogens is 4. The van der Waals surface area contributed by atoms with Crippen LogP contribution in [0, 0.1) is 0 Å². The van der Waals surface area contributed by atoms with Gasteiger partial charge in [-0.25, -0.2) is 0 Å². The number of hydrogen-bond acceptors (Lipinski definition) is 4. The first-order valence-corrected chi connectivity index (χ1v) is 6.80. The molecule has 0 aliphatic heterocycles. The fraction of sp³-hybridized carbons (Fsp3) is 0.250. The number of para-hydroxylation sites is 1. The summed E-state index contributed by atoms with van der Waals surface area (Å²) in [6.07, 6.45) is -4.80.